The minimum atomic E-state index is -1.28. The van der Waals surface area contributed by atoms with Crippen LogP contribution in [0, 0.1) is 0 Å². The lowest BCUT2D eigenvalue weighted by Crippen LogP contribution is -2.59. The van der Waals surface area contributed by atoms with Crippen molar-refractivity contribution in [1.29, 1.82) is 0 Å². The number of fused-ring (bicyclic) bond motifs is 3. The molecule has 44 heavy (non-hydrogen) atoms. The second-order valence-electron chi connectivity index (χ2n) is 12.9. The van der Waals surface area contributed by atoms with Crippen LogP contribution in [-0.4, -0.2) is 126 Å². The predicted molar refractivity (Wildman–Crippen MR) is 156 cm³/mol. The van der Waals surface area contributed by atoms with Gasteiger partial charge < -0.3 is 40.5 Å². The molecule has 5 heterocycles. The molecule has 238 valence electrons. The minimum Gasteiger partial charge on any atom is -0.508 e. The fourth-order valence-corrected chi connectivity index (χ4v) is 7.00. The number of carbonyl (C=O) groups excluding carboxylic acids is 3. The van der Waals surface area contributed by atoms with Crippen molar-refractivity contribution in [2.24, 2.45) is 0 Å². The van der Waals surface area contributed by atoms with Gasteiger partial charge in [0.2, 0.25) is 17.7 Å². The molecular formula is C30H41N7O7. The Kier molecular flexibility index (Phi) is 8.35. The van der Waals surface area contributed by atoms with Crippen LogP contribution in [0.2, 0.25) is 0 Å². The second-order valence-corrected chi connectivity index (χ2v) is 12.9. The van der Waals surface area contributed by atoms with E-state index in [1.807, 2.05) is 0 Å². The first-order valence-corrected chi connectivity index (χ1v) is 15.4. The highest BCUT2D eigenvalue weighted by molar-refractivity contribution is 5.89. The zero-order valence-electron chi connectivity index (χ0n) is 25.0. The molecule has 5 N–H and O–H groups in total. The SMILES string of the molecule is CC(C)N1CCC2(CC1)CC(=O)N1C[C@@H](n3cc(-c4cccc(O)c4)nn3)C[C@H]1C(=O)NC[C@H]1O[C@@H](CC(=O)N2)C(O)C1O. The largest absolute Gasteiger partial charge is 0.508 e. The van der Waals surface area contributed by atoms with Crippen LogP contribution < -0.4 is 10.6 Å². The van der Waals surface area contributed by atoms with Crippen molar-refractivity contribution in [1.82, 2.24) is 35.4 Å². The van der Waals surface area contributed by atoms with Gasteiger partial charge in [0.25, 0.3) is 0 Å². The maximum atomic E-state index is 14.1. The Hall–Kier alpha value is -3.59. The van der Waals surface area contributed by atoms with Gasteiger partial charge in [0.05, 0.1) is 36.7 Å². The summed E-state index contributed by atoms with van der Waals surface area (Å²) in [7, 11) is 0. The fourth-order valence-electron chi connectivity index (χ4n) is 7.00. The van der Waals surface area contributed by atoms with Crippen molar-refractivity contribution in [3.63, 3.8) is 0 Å². The number of phenols is 1. The molecule has 2 bridgehead atoms. The third-order valence-corrected chi connectivity index (χ3v) is 9.63. The number of aliphatic hydroxyl groups excluding tert-OH is 2. The van der Waals surface area contributed by atoms with Crippen LogP contribution in [0.3, 0.4) is 0 Å². The quantitative estimate of drug-likeness (QED) is 0.305. The third-order valence-electron chi connectivity index (χ3n) is 9.63. The number of carbonyl (C=O) groups is 3. The third kappa shape index (κ3) is 6.03. The summed E-state index contributed by atoms with van der Waals surface area (Å²) < 4.78 is 7.49. The number of benzene rings is 1. The van der Waals surface area contributed by atoms with E-state index in [0.29, 0.717) is 43.2 Å². The Morgan fingerprint density at radius 3 is 2.57 bits per heavy atom. The van der Waals surface area contributed by atoms with Crippen LogP contribution in [0.5, 0.6) is 5.75 Å². The molecule has 0 radical (unpaired) electrons. The summed E-state index contributed by atoms with van der Waals surface area (Å²) in [6.45, 7) is 5.73. The molecular weight excluding hydrogens is 570 g/mol. The lowest BCUT2D eigenvalue weighted by atomic mass is 9.83. The molecule has 2 unspecified atom stereocenters. The topological polar surface area (TPSA) is 182 Å². The lowest BCUT2D eigenvalue weighted by Gasteiger charge is -2.44. The van der Waals surface area contributed by atoms with Gasteiger partial charge >= 0.3 is 0 Å². The van der Waals surface area contributed by atoms with Crippen LogP contribution in [-0.2, 0) is 19.1 Å². The zero-order valence-corrected chi connectivity index (χ0v) is 25.0. The maximum Gasteiger partial charge on any atom is 0.242 e. The van der Waals surface area contributed by atoms with Gasteiger partial charge in [0, 0.05) is 44.2 Å². The average Bonchev–Trinajstić information content (AvgIpc) is 3.71. The van der Waals surface area contributed by atoms with E-state index >= 15 is 0 Å². The summed E-state index contributed by atoms with van der Waals surface area (Å²) >= 11 is 0. The molecule has 1 aromatic heterocycles. The summed E-state index contributed by atoms with van der Waals surface area (Å²) in [6.07, 6.45) is -1.44. The monoisotopic (exact) mass is 611 g/mol. The summed E-state index contributed by atoms with van der Waals surface area (Å²) in [6, 6.07) is 5.81. The van der Waals surface area contributed by atoms with E-state index in [9.17, 15) is 29.7 Å². The molecule has 4 aliphatic rings. The van der Waals surface area contributed by atoms with Crippen LogP contribution in [0.25, 0.3) is 11.3 Å². The van der Waals surface area contributed by atoms with Gasteiger partial charge in [-0.1, -0.05) is 17.3 Å². The molecule has 0 saturated carbocycles. The van der Waals surface area contributed by atoms with E-state index in [-0.39, 0.29) is 56.0 Å². The molecule has 2 aromatic rings. The van der Waals surface area contributed by atoms with Crippen molar-refractivity contribution in [3.8, 4) is 17.0 Å². The van der Waals surface area contributed by atoms with Crippen molar-refractivity contribution < 1.29 is 34.4 Å². The Bertz CT molecular complexity index is 1390. The molecule has 1 spiro atoms. The number of aromatic hydroxyl groups is 1. The molecule has 1 aromatic carbocycles. The summed E-state index contributed by atoms with van der Waals surface area (Å²) in [5.74, 6) is -0.888. The molecule has 4 aliphatic heterocycles. The molecule has 14 heteroatoms. The molecule has 4 saturated heterocycles. The Labute approximate surface area is 255 Å². The molecule has 0 aliphatic carbocycles. The van der Waals surface area contributed by atoms with Gasteiger partial charge in [-0.3, -0.25) is 14.4 Å². The maximum absolute atomic E-state index is 14.1. The molecule has 3 amide bonds. The molecule has 6 atom stereocenters. The van der Waals surface area contributed by atoms with Gasteiger partial charge in [-0.15, -0.1) is 5.10 Å². The van der Waals surface area contributed by atoms with Gasteiger partial charge in [-0.2, -0.15) is 0 Å². The number of nitrogens with one attached hydrogen (secondary N) is 2. The van der Waals surface area contributed by atoms with Crippen LogP contribution in [0.1, 0.15) is 52.0 Å². The number of likely N-dealkylation sites (tertiary alicyclic amines) is 1. The number of rotatable bonds is 3. The molecule has 4 fully saturated rings. The number of hydrogen-bond donors (Lipinski definition) is 5. The fraction of sp³-hybridized carbons (Fsp3) is 0.633. The van der Waals surface area contributed by atoms with Gasteiger partial charge in [0.1, 0.15) is 35.8 Å². The van der Waals surface area contributed by atoms with Crippen molar-refractivity contribution in [3.05, 3.63) is 30.5 Å². The number of amides is 3. The van der Waals surface area contributed by atoms with Gasteiger partial charge in [-0.05, 0) is 38.8 Å². The highest BCUT2D eigenvalue weighted by Gasteiger charge is 2.48. The highest BCUT2D eigenvalue weighted by atomic mass is 16.5. The van der Waals surface area contributed by atoms with Gasteiger partial charge in [-0.25, -0.2) is 4.68 Å². The molecule has 14 nitrogen and oxygen atoms in total. The lowest BCUT2D eigenvalue weighted by molar-refractivity contribution is -0.141. The van der Waals surface area contributed by atoms with E-state index in [0.717, 1.165) is 0 Å². The van der Waals surface area contributed by atoms with E-state index < -0.39 is 41.9 Å². The van der Waals surface area contributed by atoms with Gasteiger partial charge in [0.15, 0.2) is 0 Å². The number of phenolic OH excluding ortho intramolecular Hbond substituents is 1. The number of ether oxygens (including phenoxy) is 1. The summed E-state index contributed by atoms with van der Waals surface area (Å²) in [5, 5.41) is 45.6. The van der Waals surface area contributed by atoms with Crippen molar-refractivity contribution in [2.45, 2.75) is 94.0 Å². The normalized spacial score (nSPS) is 31.6. The first-order valence-electron chi connectivity index (χ1n) is 15.4. The number of aromatic nitrogens is 3. The second kappa shape index (κ2) is 12.1. The Balaban J connectivity index is 1.28. The number of hydrogen-bond acceptors (Lipinski definition) is 10. The van der Waals surface area contributed by atoms with Crippen LogP contribution in [0.4, 0.5) is 0 Å². The van der Waals surface area contributed by atoms with Crippen molar-refractivity contribution >= 4 is 17.7 Å². The number of piperidine rings is 1. The summed E-state index contributed by atoms with van der Waals surface area (Å²) in [5.41, 5.74) is 0.396. The minimum absolute atomic E-state index is 0.0202. The van der Waals surface area contributed by atoms with Crippen LogP contribution in [0.15, 0.2) is 30.5 Å². The Morgan fingerprint density at radius 1 is 1.09 bits per heavy atom. The Morgan fingerprint density at radius 2 is 1.84 bits per heavy atom. The van der Waals surface area contributed by atoms with E-state index in [1.165, 1.54) is 0 Å². The number of nitrogens with zero attached hydrogens (tertiary/aromatic N) is 5. The predicted octanol–water partition coefficient (Wildman–Crippen LogP) is -0.449. The van der Waals surface area contributed by atoms with Crippen molar-refractivity contribution in [2.75, 3.05) is 26.2 Å². The van der Waals surface area contributed by atoms with E-state index in [1.54, 1.807) is 40.0 Å². The smallest absolute Gasteiger partial charge is 0.242 e. The van der Waals surface area contributed by atoms with E-state index in [4.69, 9.17) is 4.74 Å². The first-order chi connectivity index (χ1) is 21.0. The zero-order chi connectivity index (χ0) is 31.2. The summed E-state index contributed by atoms with van der Waals surface area (Å²) in [4.78, 5) is 44.9. The average molecular weight is 612 g/mol. The van der Waals surface area contributed by atoms with E-state index in [2.05, 4.69) is 39.7 Å². The first kappa shape index (κ1) is 30.4. The molecule has 6 rings (SSSR count). The van der Waals surface area contributed by atoms with Crippen LogP contribution >= 0.6 is 0 Å². The number of aliphatic hydroxyl groups is 2. The standard InChI is InChI=1S/C30H41N7O7/c1-17(2)35-8-6-30(7-9-35)13-26(40)36-15-19(37-16-21(33-34-37)18-4-3-5-20(38)10-18)11-22(36)29(43)31-14-24-28(42)27(41)23(44-24)12-25(39)32-30/h3-5,10,16-17,19,22-24,27-28,38,41-42H,6-9,11-15H2,1-2H3,(H,31,43)(H,32,39)/t19-,22-,23-,24+,27?,28?/m0/s1. The highest BCUT2D eigenvalue weighted by Crippen LogP contribution is 2.34.